The number of rotatable bonds is 8. The van der Waals surface area contributed by atoms with Crippen molar-refractivity contribution in [3.8, 4) is 0 Å². The number of unbranched alkanes of at least 4 members (excludes halogenated alkanes) is 1. The summed E-state index contributed by atoms with van der Waals surface area (Å²) in [6.07, 6.45) is 6.46. The van der Waals surface area contributed by atoms with Crippen molar-refractivity contribution < 1.29 is 9.90 Å². The minimum Gasteiger partial charge on any atom is -0.481 e. The molecule has 2 nitrogen and oxygen atoms in total. The van der Waals surface area contributed by atoms with E-state index in [1.807, 2.05) is 6.92 Å². The Morgan fingerprint density at radius 2 is 1.78 bits per heavy atom. The van der Waals surface area contributed by atoms with Crippen LogP contribution in [0.1, 0.15) is 73.6 Å². The molecule has 0 radical (unpaired) electrons. The van der Waals surface area contributed by atoms with E-state index in [0.717, 1.165) is 25.7 Å². The van der Waals surface area contributed by atoms with Crippen molar-refractivity contribution in [2.45, 2.75) is 73.6 Å². The molecule has 0 aromatic rings. The van der Waals surface area contributed by atoms with Crippen molar-refractivity contribution in [2.75, 3.05) is 0 Å². The summed E-state index contributed by atoms with van der Waals surface area (Å²) in [6.45, 7) is 12.5. The quantitative estimate of drug-likeness (QED) is 0.616. The molecule has 0 aliphatic carbocycles. The maximum absolute atomic E-state index is 11.7. The molecule has 18 heavy (non-hydrogen) atoms. The summed E-state index contributed by atoms with van der Waals surface area (Å²) in [4.78, 5) is 11.7. The van der Waals surface area contributed by atoms with Crippen LogP contribution in [0.4, 0.5) is 0 Å². The highest BCUT2D eigenvalue weighted by atomic mass is 16.4. The first-order valence-corrected chi connectivity index (χ1v) is 7.08. The van der Waals surface area contributed by atoms with Crippen molar-refractivity contribution in [3.05, 3.63) is 11.6 Å². The lowest BCUT2D eigenvalue weighted by molar-refractivity contribution is -0.151. The predicted molar refractivity (Wildman–Crippen MR) is 77.7 cm³/mol. The van der Waals surface area contributed by atoms with E-state index < -0.39 is 11.4 Å². The Kier molecular flexibility index (Phi) is 6.66. The molecule has 106 valence electrons. The van der Waals surface area contributed by atoms with Crippen LogP contribution in [0.2, 0.25) is 0 Å². The number of allylic oxidation sites excluding steroid dienone is 2. The summed E-state index contributed by atoms with van der Waals surface area (Å²) < 4.78 is 0. The van der Waals surface area contributed by atoms with Gasteiger partial charge in [-0.1, -0.05) is 52.2 Å². The molecule has 0 aromatic heterocycles. The van der Waals surface area contributed by atoms with Gasteiger partial charge in [-0.05, 0) is 38.5 Å². The van der Waals surface area contributed by atoms with Gasteiger partial charge in [-0.15, -0.1) is 0 Å². The Hall–Kier alpha value is -0.790. The third kappa shape index (κ3) is 5.24. The van der Waals surface area contributed by atoms with E-state index in [2.05, 4.69) is 40.7 Å². The van der Waals surface area contributed by atoms with Crippen LogP contribution in [-0.2, 0) is 4.79 Å². The van der Waals surface area contributed by atoms with Gasteiger partial charge in [0.15, 0.2) is 0 Å². The zero-order chi connectivity index (χ0) is 14.4. The fraction of sp³-hybridized carbons (Fsp3) is 0.812. The Morgan fingerprint density at radius 1 is 1.22 bits per heavy atom. The molecule has 0 spiro atoms. The first-order valence-electron chi connectivity index (χ1n) is 7.08. The van der Waals surface area contributed by atoms with E-state index in [9.17, 15) is 9.90 Å². The van der Waals surface area contributed by atoms with Crippen LogP contribution in [0.25, 0.3) is 0 Å². The van der Waals surface area contributed by atoms with Crippen LogP contribution in [0.15, 0.2) is 11.6 Å². The van der Waals surface area contributed by atoms with Crippen LogP contribution in [0, 0.1) is 10.8 Å². The van der Waals surface area contributed by atoms with Crippen molar-refractivity contribution >= 4 is 5.97 Å². The summed E-state index contributed by atoms with van der Waals surface area (Å²) in [5.74, 6) is -0.631. The number of hydrogen-bond acceptors (Lipinski definition) is 1. The fourth-order valence-corrected chi connectivity index (χ4v) is 2.94. The lowest BCUT2D eigenvalue weighted by Crippen LogP contribution is -2.35. The highest BCUT2D eigenvalue weighted by Gasteiger charge is 2.40. The van der Waals surface area contributed by atoms with E-state index >= 15 is 0 Å². The minimum absolute atomic E-state index is 0.0546. The van der Waals surface area contributed by atoms with Gasteiger partial charge >= 0.3 is 5.97 Å². The van der Waals surface area contributed by atoms with Gasteiger partial charge in [-0.25, -0.2) is 0 Å². The molecule has 0 aliphatic heterocycles. The molecule has 1 atom stereocenters. The van der Waals surface area contributed by atoms with Gasteiger partial charge in [0.2, 0.25) is 0 Å². The predicted octanol–water partition coefficient (Wildman–Crippen LogP) is 5.04. The molecule has 0 aliphatic rings. The van der Waals surface area contributed by atoms with Crippen molar-refractivity contribution in [3.63, 3.8) is 0 Å². The second-order valence-corrected chi connectivity index (χ2v) is 6.43. The highest BCUT2D eigenvalue weighted by molar-refractivity contribution is 5.74. The summed E-state index contributed by atoms with van der Waals surface area (Å²) in [6, 6.07) is 0. The standard InChI is InChI=1S/C16H30O2/c1-7-9-10-16(8-2,14(17)18)12-15(5,6)11-13(3)4/h11H,7-10,12H2,1-6H3,(H,17,18). The molecule has 0 bridgehead atoms. The summed E-state index contributed by atoms with van der Waals surface area (Å²) >= 11 is 0. The third-order valence-corrected chi connectivity index (χ3v) is 3.61. The Labute approximate surface area is 112 Å². The van der Waals surface area contributed by atoms with Gasteiger partial charge in [0.05, 0.1) is 5.41 Å². The van der Waals surface area contributed by atoms with Crippen LogP contribution in [-0.4, -0.2) is 11.1 Å². The molecular formula is C16H30O2. The molecule has 1 N–H and O–H groups in total. The first kappa shape index (κ1) is 17.2. The smallest absolute Gasteiger partial charge is 0.309 e. The molecular weight excluding hydrogens is 224 g/mol. The first-order chi connectivity index (χ1) is 8.19. The molecule has 0 aromatic carbocycles. The van der Waals surface area contributed by atoms with Crippen molar-refractivity contribution in [1.82, 2.24) is 0 Å². The van der Waals surface area contributed by atoms with Crippen LogP contribution >= 0.6 is 0 Å². The largest absolute Gasteiger partial charge is 0.481 e. The third-order valence-electron chi connectivity index (χ3n) is 3.61. The average Bonchev–Trinajstić information content (AvgIpc) is 2.21. The monoisotopic (exact) mass is 254 g/mol. The molecule has 0 heterocycles. The van der Waals surface area contributed by atoms with E-state index in [4.69, 9.17) is 0 Å². The molecule has 0 amide bonds. The number of carbonyl (C=O) groups is 1. The average molecular weight is 254 g/mol. The SMILES string of the molecule is CCCCC(CC)(CC(C)(C)C=C(C)C)C(=O)O. The van der Waals surface area contributed by atoms with E-state index in [0.29, 0.717) is 6.42 Å². The number of hydrogen-bond donors (Lipinski definition) is 1. The van der Waals surface area contributed by atoms with Crippen molar-refractivity contribution in [1.29, 1.82) is 0 Å². The number of carboxylic acid groups (broad SMARTS) is 1. The zero-order valence-electron chi connectivity index (χ0n) is 13.0. The highest BCUT2D eigenvalue weighted by Crippen LogP contribution is 2.42. The van der Waals surface area contributed by atoms with E-state index in [1.165, 1.54) is 5.57 Å². The number of carboxylic acids is 1. The van der Waals surface area contributed by atoms with Gasteiger partial charge in [-0.2, -0.15) is 0 Å². The fourth-order valence-electron chi connectivity index (χ4n) is 2.94. The molecule has 2 heteroatoms. The van der Waals surface area contributed by atoms with Gasteiger partial charge < -0.3 is 5.11 Å². The Morgan fingerprint density at radius 3 is 2.11 bits per heavy atom. The van der Waals surface area contributed by atoms with Gasteiger partial charge in [-0.3, -0.25) is 4.79 Å². The Balaban J connectivity index is 5.10. The normalized spacial score (nSPS) is 15.0. The second kappa shape index (κ2) is 6.96. The van der Waals surface area contributed by atoms with Gasteiger partial charge in [0.1, 0.15) is 0 Å². The summed E-state index contributed by atoms with van der Waals surface area (Å²) in [5, 5.41) is 9.63. The molecule has 0 rings (SSSR count). The lowest BCUT2D eigenvalue weighted by Gasteiger charge is -2.35. The van der Waals surface area contributed by atoms with E-state index in [1.54, 1.807) is 0 Å². The minimum atomic E-state index is -0.631. The number of aliphatic carboxylic acids is 1. The van der Waals surface area contributed by atoms with Crippen LogP contribution in [0.5, 0.6) is 0 Å². The molecule has 0 saturated heterocycles. The van der Waals surface area contributed by atoms with E-state index in [-0.39, 0.29) is 5.41 Å². The Bertz CT molecular complexity index is 298. The lowest BCUT2D eigenvalue weighted by atomic mass is 9.68. The summed E-state index contributed by atoms with van der Waals surface area (Å²) in [7, 11) is 0. The van der Waals surface area contributed by atoms with Crippen molar-refractivity contribution in [2.24, 2.45) is 10.8 Å². The zero-order valence-corrected chi connectivity index (χ0v) is 13.0. The van der Waals surface area contributed by atoms with Crippen LogP contribution < -0.4 is 0 Å². The van der Waals surface area contributed by atoms with Gasteiger partial charge in [0, 0.05) is 0 Å². The summed E-state index contributed by atoms with van der Waals surface area (Å²) in [5.41, 5.74) is 0.637. The maximum atomic E-state index is 11.7. The molecule has 0 saturated carbocycles. The van der Waals surface area contributed by atoms with Gasteiger partial charge in [0.25, 0.3) is 0 Å². The second-order valence-electron chi connectivity index (χ2n) is 6.43. The molecule has 1 unspecified atom stereocenters. The molecule has 0 fully saturated rings. The maximum Gasteiger partial charge on any atom is 0.309 e. The van der Waals surface area contributed by atoms with Crippen LogP contribution in [0.3, 0.4) is 0 Å². The topological polar surface area (TPSA) is 37.3 Å².